The van der Waals surface area contributed by atoms with Gasteiger partial charge in [-0.15, -0.1) is 11.3 Å². The molecule has 0 atom stereocenters. The van der Waals surface area contributed by atoms with Gasteiger partial charge in [0.05, 0.1) is 23.2 Å². The number of thiophene rings is 1. The number of benzene rings is 2. The first-order chi connectivity index (χ1) is 12.5. The summed E-state index contributed by atoms with van der Waals surface area (Å²) in [6.07, 6.45) is 0. The molecule has 6 heteroatoms. The maximum absolute atomic E-state index is 12.7. The van der Waals surface area contributed by atoms with Crippen LogP contribution in [0.4, 0.5) is 5.69 Å². The van der Waals surface area contributed by atoms with E-state index >= 15 is 0 Å². The van der Waals surface area contributed by atoms with Crippen molar-refractivity contribution in [2.45, 2.75) is 6.92 Å². The van der Waals surface area contributed by atoms with E-state index in [1.165, 1.54) is 16.9 Å². The van der Waals surface area contributed by atoms with Crippen LogP contribution < -0.4 is 10.1 Å². The zero-order valence-electron chi connectivity index (χ0n) is 14.2. The van der Waals surface area contributed by atoms with Crippen LogP contribution in [0.3, 0.4) is 0 Å². The van der Waals surface area contributed by atoms with Gasteiger partial charge in [-0.1, -0.05) is 23.2 Å². The standard InChI is InChI=1S/C20H15ClN2O2S/c1-11-3-5-15-12(7-11)8-13-9-18(26-20(13)23-15)19(24)22-16-10-14(21)4-6-17(16)25-2/h3-10H,1-2H3,(H,22,24). The van der Waals surface area contributed by atoms with Gasteiger partial charge in [-0.2, -0.15) is 0 Å². The van der Waals surface area contributed by atoms with Crippen molar-refractivity contribution in [2.75, 3.05) is 12.4 Å². The van der Waals surface area contributed by atoms with Gasteiger partial charge >= 0.3 is 0 Å². The first-order valence-corrected chi connectivity index (χ1v) is 9.19. The number of carbonyl (C=O) groups excluding carboxylic acids is 1. The lowest BCUT2D eigenvalue weighted by Crippen LogP contribution is -2.11. The van der Waals surface area contributed by atoms with Crippen LogP contribution in [0.2, 0.25) is 5.02 Å². The first kappa shape index (κ1) is 16.8. The Morgan fingerprint density at radius 2 is 1.96 bits per heavy atom. The van der Waals surface area contributed by atoms with Crippen molar-refractivity contribution in [1.29, 1.82) is 0 Å². The molecule has 0 unspecified atom stereocenters. The highest BCUT2D eigenvalue weighted by atomic mass is 35.5. The maximum atomic E-state index is 12.7. The van der Waals surface area contributed by atoms with Gasteiger partial charge in [0.1, 0.15) is 10.6 Å². The number of aryl methyl sites for hydroxylation is 1. The van der Waals surface area contributed by atoms with Gasteiger partial charge in [-0.3, -0.25) is 4.79 Å². The number of amides is 1. The molecule has 4 rings (SSSR count). The number of nitrogens with one attached hydrogen (secondary N) is 1. The van der Waals surface area contributed by atoms with E-state index in [-0.39, 0.29) is 5.91 Å². The molecule has 0 spiro atoms. The minimum atomic E-state index is -0.214. The highest BCUT2D eigenvalue weighted by Gasteiger charge is 2.14. The lowest BCUT2D eigenvalue weighted by Gasteiger charge is -2.09. The Hall–Kier alpha value is -2.63. The van der Waals surface area contributed by atoms with Gasteiger partial charge in [0.25, 0.3) is 5.91 Å². The summed E-state index contributed by atoms with van der Waals surface area (Å²) < 4.78 is 5.28. The van der Waals surface area contributed by atoms with Gasteiger partial charge in [0.2, 0.25) is 0 Å². The predicted octanol–water partition coefficient (Wildman–Crippen LogP) is 5.67. The Bertz CT molecular complexity index is 1150. The number of nitrogens with zero attached hydrogens (tertiary/aromatic N) is 1. The monoisotopic (exact) mass is 382 g/mol. The summed E-state index contributed by atoms with van der Waals surface area (Å²) in [5, 5.41) is 5.42. The van der Waals surface area contributed by atoms with Crippen molar-refractivity contribution in [2.24, 2.45) is 0 Å². The van der Waals surface area contributed by atoms with Crippen LogP contribution in [0.15, 0.2) is 48.5 Å². The molecule has 4 nitrogen and oxygen atoms in total. The second-order valence-electron chi connectivity index (χ2n) is 5.99. The lowest BCUT2D eigenvalue weighted by molar-refractivity contribution is 0.103. The molecule has 4 aromatic rings. The van der Waals surface area contributed by atoms with Gasteiger partial charge in [-0.25, -0.2) is 4.98 Å². The Morgan fingerprint density at radius 1 is 1.12 bits per heavy atom. The summed E-state index contributed by atoms with van der Waals surface area (Å²) in [4.78, 5) is 18.8. The average Bonchev–Trinajstić information content (AvgIpc) is 3.03. The number of ether oxygens (including phenoxy) is 1. The topological polar surface area (TPSA) is 51.2 Å². The van der Waals surface area contributed by atoms with Gasteiger partial charge in [-0.05, 0) is 49.4 Å². The number of anilines is 1. The lowest BCUT2D eigenvalue weighted by atomic mass is 10.1. The highest BCUT2D eigenvalue weighted by Crippen LogP contribution is 2.31. The average molecular weight is 383 g/mol. The molecular weight excluding hydrogens is 368 g/mol. The molecule has 2 aromatic carbocycles. The summed E-state index contributed by atoms with van der Waals surface area (Å²) >= 11 is 7.39. The smallest absolute Gasteiger partial charge is 0.265 e. The molecule has 0 aliphatic heterocycles. The molecule has 1 N–H and O–H groups in total. The first-order valence-electron chi connectivity index (χ1n) is 7.99. The molecule has 0 radical (unpaired) electrons. The molecule has 2 aromatic heterocycles. The summed E-state index contributed by atoms with van der Waals surface area (Å²) in [7, 11) is 1.55. The number of carbonyl (C=O) groups is 1. The van der Waals surface area contributed by atoms with E-state index in [9.17, 15) is 4.79 Å². The quantitative estimate of drug-likeness (QED) is 0.496. The molecule has 0 bridgehead atoms. The number of halogens is 1. The molecule has 130 valence electrons. The van der Waals surface area contributed by atoms with Gasteiger partial charge < -0.3 is 10.1 Å². The van der Waals surface area contributed by atoms with Crippen LogP contribution in [0.25, 0.3) is 21.1 Å². The minimum absolute atomic E-state index is 0.214. The highest BCUT2D eigenvalue weighted by molar-refractivity contribution is 7.20. The predicted molar refractivity (Wildman–Crippen MR) is 108 cm³/mol. The Kier molecular flexibility index (Phi) is 4.26. The zero-order chi connectivity index (χ0) is 18.3. The summed E-state index contributed by atoms with van der Waals surface area (Å²) in [5.74, 6) is 0.344. The fraction of sp³-hybridized carbons (Fsp3) is 0.100. The number of fused-ring (bicyclic) bond motifs is 2. The molecule has 0 saturated carbocycles. The molecule has 0 aliphatic carbocycles. The normalized spacial score (nSPS) is 11.0. The van der Waals surface area contributed by atoms with E-state index in [4.69, 9.17) is 16.3 Å². The molecule has 0 saturated heterocycles. The van der Waals surface area contributed by atoms with Gasteiger partial charge in [0.15, 0.2) is 0 Å². The Balaban J connectivity index is 1.71. The van der Waals surface area contributed by atoms with Crippen LogP contribution in [0.1, 0.15) is 15.2 Å². The van der Waals surface area contributed by atoms with Crippen molar-refractivity contribution in [3.63, 3.8) is 0 Å². The van der Waals surface area contributed by atoms with E-state index in [0.29, 0.717) is 21.3 Å². The second-order valence-corrected chi connectivity index (χ2v) is 7.46. The van der Waals surface area contributed by atoms with Crippen molar-refractivity contribution in [3.05, 3.63) is 64.0 Å². The number of hydrogen-bond acceptors (Lipinski definition) is 4. The third-order valence-electron chi connectivity index (χ3n) is 4.09. The summed E-state index contributed by atoms with van der Waals surface area (Å²) in [6.45, 7) is 2.05. The van der Waals surface area contributed by atoms with Crippen LogP contribution in [0, 0.1) is 6.92 Å². The SMILES string of the molecule is COc1ccc(Cl)cc1NC(=O)c1cc2cc3cc(C)ccc3nc2s1. The van der Waals surface area contributed by atoms with Crippen LogP contribution in [-0.2, 0) is 0 Å². The maximum Gasteiger partial charge on any atom is 0.265 e. The number of rotatable bonds is 3. The molecule has 1 amide bonds. The second kappa shape index (κ2) is 6.59. The van der Waals surface area contributed by atoms with E-state index in [1.54, 1.807) is 25.3 Å². The molecule has 2 heterocycles. The molecule has 26 heavy (non-hydrogen) atoms. The van der Waals surface area contributed by atoms with Gasteiger partial charge in [0, 0.05) is 15.8 Å². The fourth-order valence-corrected chi connectivity index (χ4v) is 3.92. The Morgan fingerprint density at radius 3 is 2.77 bits per heavy atom. The number of pyridine rings is 1. The zero-order valence-corrected chi connectivity index (χ0v) is 15.7. The minimum Gasteiger partial charge on any atom is -0.495 e. The van der Waals surface area contributed by atoms with Crippen LogP contribution in [0.5, 0.6) is 5.75 Å². The van der Waals surface area contributed by atoms with Crippen molar-refractivity contribution >= 4 is 55.7 Å². The summed E-state index contributed by atoms with van der Waals surface area (Å²) in [5.41, 5.74) is 2.64. The molecule has 0 fully saturated rings. The van der Waals surface area contributed by atoms with Crippen molar-refractivity contribution in [3.8, 4) is 5.75 Å². The Labute approximate surface area is 159 Å². The number of methoxy groups -OCH3 is 1. The third-order valence-corrected chi connectivity index (χ3v) is 5.37. The van der Waals surface area contributed by atoms with Crippen molar-refractivity contribution in [1.82, 2.24) is 4.98 Å². The van der Waals surface area contributed by atoms with E-state index in [1.807, 2.05) is 18.2 Å². The fourth-order valence-electron chi connectivity index (χ4n) is 2.83. The van der Waals surface area contributed by atoms with E-state index < -0.39 is 0 Å². The van der Waals surface area contributed by atoms with Crippen LogP contribution >= 0.6 is 22.9 Å². The van der Waals surface area contributed by atoms with Crippen LogP contribution in [-0.4, -0.2) is 18.0 Å². The number of hydrogen-bond donors (Lipinski definition) is 1. The molecular formula is C20H15ClN2O2S. The van der Waals surface area contributed by atoms with Crippen molar-refractivity contribution < 1.29 is 9.53 Å². The molecule has 0 aliphatic rings. The van der Waals surface area contributed by atoms with E-state index in [0.717, 1.165) is 21.1 Å². The van der Waals surface area contributed by atoms with E-state index in [2.05, 4.69) is 29.4 Å². The largest absolute Gasteiger partial charge is 0.495 e. The third kappa shape index (κ3) is 3.11. The summed E-state index contributed by atoms with van der Waals surface area (Å²) in [6, 6.07) is 15.2. The number of aromatic nitrogens is 1.